The molecule has 0 fully saturated rings. The van der Waals surface area contributed by atoms with Gasteiger partial charge in [-0.05, 0) is 43.3 Å². The summed E-state index contributed by atoms with van der Waals surface area (Å²) in [4.78, 5) is 17.4. The fourth-order valence-electron chi connectivity index (χ4n) is 2.97. The summed E-state index contributed by atoms with van der Waals surface area (Å²) in [6, 6.07) is 24.0. The van der Waals surface area contributed by atoms with Crippen molar-refractivity contribution in [3.8, 4) is 22.8 Å². The van der Waals surface area contributed by atoms with Crippen LogP contribution in [0, 0.1) is 0 Å². The summed E-state index contributed by atoms with van der Waals surface area (Å²) in [5.41, 5.74) is 2.15. The standard InChI is InChI=1S/C23H19ClN4O2/c1-2-30-20-11-7-6-10-19(20)25-23(29)21-26-22(16-8-4-3-5-9-16)28(27-21)18-14-12-17(24)13-15-18/h3-15H,2H2,1H3,(H,25,29). The van der Waals surface area contributed by atoms with Crippen molar-refractivity contribution in [1.82, 2.24) is 14.8 Å². The Bertz CT molecular complexity index is 1160. The number of benzene rings is 3. The Morgan fingerprint density at radius 2 is 1.70 bits per heavy atom. The van der Waals surface area contributed by atoms with Crippen molar-refractivity contribution in [2.75, 3.05) is 11.9 Å². The number of rotatable bonds is 6. The Balaban J connectivity index is 1.72. The predicted molar refractivity (Wildman–Crippen MR) is 117 cm³/mol. The normalized spacial score (nSPS) is 10.6. The summed E-state index contributed by atoms with van der Waals surface area (Å²) in [6.07, 6.45) is 0. The van der Waals surface area contributed by atoms with E-state index in [-0.39, 0.29) is 5.82 Å². The van der Waals surface area contributed by atoms with Crippen LogP contribution in [-0.4, -0.2) is 27.3 Å². The number of ether oxygens (including phenoxy) is 1. The van der Waals surface area contributed by atoms with Crippen LogP contribution >= 0.6 is 11.6 Å². The van der Waals surface area contributed by atoms with Crippen LogP contribution in [0.1, 0.15) is 17.5 Å². The summed E-state index contributed by atoms with van der Waals surface area (Å²) in [6.45, 7) is 2.38. The number of para-hydroxylation sites is 2. The SMILES string of the molecule is CCOc1ccccc1NC(=O)c1nc(-c2ccccc2)n(-c2ccc(Cl)cc2)n1. The number of aromatic nitrogens is 3. The van der Waals surface area contributed by atoms with Gasteiger partial charge in [0.25, 0.3) is 5.91 Å². The van der Waals surface area contributed by atoms with Gasteiger partial charge < -0.3 is 10.1 Å². The second kappa shape index (κ2) is 8.80. The first-order valence-corrected chi connectivity index (χ1v) is 9.85. The summed E-state index contributed by atoms with van der Waals surface area (Å²) in [5.74, 6) is 0.775. The molecule has 0 saturated heterocycles. The quantitative estimate of drug-likeness (QED) is 0.465. The molecule has 150 valence electrons. The zero-order valence-corrected chi connectivity index (χ0v) is 17.0. The Hall–Kier alpha value is -3.64. The third-order valence-corrected chi connectivity index (χ3v) is 4.60. The lowest BCUT2D eigenvalue weighted by atomic mass is 10.2. The zero-order valence-electron chi connectivity index (χ0n) is 16.2. The Morgan fingerprint density at radius 3 is 2.43 bits per heavy atom. The molecule has 7 heteroatoms. The monoisotopic (exact) mass is 418 g/mol. The second-order valence-corrected chi connectivity index (χ2v) is 6.83. The summed E-state index contributed by atoms with van der Waals surface area (Å²) >= 11 is 6.02. The van der Waals surface area contributed by atoms with Gasteiger partial charge in [0.2, 0.25) is 5.82 Å². The minimum atomic E-state index is -0.424. The van der Waals surface area contributed by atoms with E-state index < -0.39 is 5.91 Å². The molecule has 6 nitrogen and oxygen atoms in total. The maximum atomic E-state index is 12.9. The highest BCUT2D eigenvalue weighted by molar-refractivity contribution is 6.30. The second-order valence-electron chi connectivity index (χ2n) is 6.40. The van der Waals surface area contributed by atoms with Gasteiger partial charge in [0.1, 0.15) is 5.75 Å². The smallest absolute Gasteiger partial charge is 0.295 e. The number of halogens is 1. The van der Waals surface area contributed by atoms with Gasteiger partial charge >= 0.3 is 0 Å². The molecule has 4 aromatic rings. The highest BCUT2D eigenvalue weighted by Gasteiger charge is 2.20. The van der Waals surface area contributed by atoms with Gasteiger partial charge in [0, 0.05) is 10.6 Å². The van der Waals surface area contributed by atoms with E-state index in [1.807, 2.05) is 61.5 Å². The highest BCUT2D eigenvalue weighted by atomic mass is 35.5. The Labute approximate surface area is 179 Å². The van der Waals surface area contributed by atoms with E-state index in [0.29, 0.717) is 28.9 Å². The highest BCUT2D eigenvalue weighted by Crippen LogP contribution is 2.25. The first kappa shape index (κ1) is 19.7. The number of carbonyl (C=O) groups excluding carboxylic acids is 1. The number of amides is 1. The third kappa shape index (κ3) is 4.18. The van der Waals surface area contributed by atoms with Crippen molar-refractivity contribution in [2.45, 2.75) is 6.92 Å². The number of hydrogen-bond donors (Lipinski definition) is 1. The van der Waals surface area contributed by atoms with Crippen molar-refractivity contribution < 1.29 is 9.53 Å². The average molecular weight is 419 g/mol. The molecule has 0 saturated carbocycles. The summed E-state index contributed by atoms with van der Waals surface area (Å²) < 4.78 is 7.21. The molecule has 0 unspecified atom stereocenters. The lowest BCUT2D eigenvalue weighted by molar-refractivity contribution is 0.101. The van der Waals surface area contributed by atoms with Crippen LogP contribution in [0.15, 0.2) is 78.9 Å². The van der Waals surface area contributed by atoms with Gasteiger partial charge in [0.05, 0.1) is 18.0 Å². The number of hydrogen-bond acceptors (Lipinski definition) is 4. The first-order chi connectivity index (χ1) is 14.7. The van der Waals surface area contributed by atoms with Gasteiger partial charge in [-0.3, -0.25) is 4.79 Å². The molecule has 1 aromatic heterocycles. The van der Waals surface area contributed by atoms with E-state index in [1.54, 1.807) is 28.9 Å². The van der Waals surface area contributed by atoms with Crippen molar-refractivity contribution in [2.24, 2.45) is 0 Å². The molecule has 3 aromatic carbocycles. The van der Waals surface area contributed by atoms with Crippen molar-refractivity contribution in [3.05, 3.63) is 89.7 Å². The number of nitrogens with zero attached hydrogens (tertiary/aromatic N) is 3. The molecule has 1 amide bonds. The lowest BCUT2D eigenvalue weighted by Crippen LogP contribution is -2.15. The summed E-state index contributed by atoms with van der Waals surface area (Å²) in [5, 5.41) is 7.93. The minimum Gasteiger partial charge on any atom is -0.492 e. The first-order valence-electron chi connectivity index (χ1n) is 9.47. The van der Waals surface area contributed by atoms with Crippen LogP contribution in [0.2, 0.25) is 5.02 Å². The van der Waals surface area contributed by atoms with E-state index in [4.69, 9.17) is 16.3 Å². The van der Waals surface area contributed by atoms with Gasteiger partial charge in [-0.2, -0.15) is 0 Å². The number of anilines is 1. The molecule has 0 radical (unpaired) electrons. The van der Waals surface area contributed by atoms with Crippen LogP contribution in [0.3, 0.4) is 0 Å². The molecule has 0 bridgehead atoms. The molecular weight excluding hydrogens is 400 g/mol. The lowest BCUT2D eigenvalue weighted by Gasteiger charge is -2.09. The van der Waals surface area contributed by atoms with E-state index in [0.717, 1.165) is 11.3 Å². The molecule has 0 spiro atoms. The van der Waals surface area contributed by atoms with E-state index in [9.17, 15) is 4.79 Å². The van der Waals surface area contributed by atoms with Crippen LogP contribution in [0.4, 0.5) is 5.69 Å². The molecule has 1 heterocycles. The molecule has 0 aliphatic carbocycles. The molecule has 4 rings (SSSR count). The predicted octanol–water partition coefficient (Wildman–Crippen LogP) is 5.24. The van der Waals surface area contributed by atoms with E-state index >= 15 is 0 Å². The third-order valence-electron chi connectivity index (χ3n) is 4.35. The maximum Gasteiger partial charge on any atom is 0.295 e. The largest absolute Gasteiger partial charge is 0.492 e. The molecular formula is C23H19ClN4O2. The summed E-state index contributed by atoms with van der Waals surface area (Å²) in [7, 11) is 0. The topological polar surface area (TPSA) is 69.0 Å². The van der Waals surface area contributed by atoms with Crippen molar-refractivity contribution in [1.29, 1.82) is 0 Å². The van der Waals surface area contributed by atoms with Crippen LogP contribution < -0.4 is 10.1 Å². The fraction of sp³-hybridized carbons (Fsp3) is 0.0870. The van der Waals surface area contributed by atoms with Gasteiger partial charge in [-0.15, -0.1) is 5.10 Å². The number of carbonyl (C=O) groups is 1. The minimum absolute atomic E-state index is 0.0510. The maximum absolute atomic E-state index is 12.9. The van der Waals surface area contributed by atoms with Crippen LogP contribution in [0.5, 0.6) is 5.75 Å². The van der Waals surface area contributed by atoms with E-state index in [1.165, 1.54) is 0 Å². The Morgan fingerprint density at radius 1 is 1.00 bits per heavy atom. The molecule has 0 atom stereocenters. The average Bonchev–Trinajstić information content (AvgIpc) is 3.22. The van der Waals surface area contributed by atoms with Gasteiger partial charge in [0.15, 0.2) is 5.82 Å². The molecule has 0 aliphatic rings. The van der Waals surface area contributed by atoms with E-state index in [2.05, 4.69) is 15.4 Å². The molecule has 0 aliphatic heterocycles. The van der Waals surface area contributed by atoms with Crippen molar-refractivity contribution >= 4 is 23.2 Å². The van der Waals surface area contributed by atoms with Crippen LogP contribution in [-0.2, 0) is 0 Å². The van der Waals surface area contributed by atoms with Crippen molar-refractivity contribution in [3.63, 3.8) is 0 Å². The zero-order chi connectivity index (χ0) is 20.9. The molecule has 30 heavy (non-hydrogen) atoms. The fourth-order valence-corrected chi connectivity index (χ4v) is 3.10. The van der Waals surface area contributed by atoms with Crippen LogP contribution in [0.25, 0.3) is 17.1 Å². The van der Waals surface area contributed by atoms with Gasteiger partial charge in [-0.25, -0.2) is 9.67 Å². The number of nitrogens with one attached hydrogen (secondary N) is 1. The van der Waals surface area contributed by atoms with Gasteiger partial charge in [-0.1, -0.05) is 54.1 Å². The molecule has 1 N–H and O–H groups in total. The Kier molecular flexibility index (Phi) is 5.77.